The van der Waals surface area contributed by atoms with Gasteiger partial charge >= 0.3 is 0 Å². The van der Waals surface area contributed by atoms with Gasteiger partial charge in [0.05, 0.1) is 16.7 Å². The van der Waals surface area contributed by atoms with Crippen molar-refractivity contribution in [1.29, 1.82) is 0 Å². The number of amides is 1. The Hall–Kier alpha value is -2.15. The second-order valence-corrected chi connectivity index (χ2v) is 4.65. The molecule has 2 atom stereocenters. The van der Waals surface area contributed by atoms with Gasteiger partial charge in [-0.15, -0.1) is 0 Å². The van der Waals surface area contributed by atoms with E-state index >= 15 is 0 Å². The van der Waals surface area contributed by atoms with Gasteiger partial charge < -0.3 is 15.7 Å². The average Bonchev–Trinajstić information content (AvgIpc) is 2.78. The fourth-order valence-electron chi connectivity index (χ4n) is 2.13. The lowest BCUT2D eigenvalue weighted by Crippen LogP contribution is -2.39. The minimum atomic E-state index is -0.578. The van der Waals surface area contributed by atoms with Gasteiger partial charge in [-0.05, 0) is 24.9 Å². The van der Waals surface area contributed by atoms with Crippen LogP contribution in [0.2, 0.25) is 0 Å². The maximum absolute atomic E-state index is 12.0. The normalized spacial score (nSPS) is 22.2. The zero-order chi connectivity index (χ0) is 14.0. The molecular weight excluding hydrogens is 250 g/mol. The molecule has 1 aliphatic rings. The largest absolute Gasteiger partial charge is 0.506 e. The number of anilines is 1. The SMILES string of the molecule is CC1CCNC1C(=O)Nc1cc([N+](=O)[O-])ccc1O. The first-order chi connectivity index (χ1) is 8.99. The zero-order valence-electron chi connectivity index (χ0n) is 10.4. The molecule has 2 rings (SSSR count). The highest BCUT2D eigenvalue weighted by Crippen LogP contribution is 2.28. The summed E-state index contributed by atoms with van der Waals surface area (Å²) >= 11 is 0. The molecule has 0 bridgehead atoms. The molecule has 102 valence electrons. The van der Waals surface area contributed by atoms with Crippen molar-refractivity contribution in [3.05, 3.63) is 28.3 Å². The number of nitrogens with one attached hydrogen (secondary N) is 2. The molecule has 3 N–H and O–H groups in total. The van der Waals surface area contributed by atoms with Crippen LogP contribution in [0.25, 0.3) is 0 Å². The number of nitro benzene ring substituents is 1. The highest BCUT2D eigenvalue weighted by Gasteiger charge is 2.29. The number of phenolic OH excluding ortho intramolecular Hbond substituents is 1. The van der Waals surface area contributed by atoms with E-state index in [1.165, 1.54) is 12.1 Å². The summed E-state index contributed by atoms with van der Waals surface area (Å²) in [6.07, 6.45) is 0.902. The Bertz CT molecular complexity index is 518. The van der Waals surface area contributed by atoms with Gasteiger partial charge in [-0.1, -0.05) is 6.92 Å². The number of carbonyl (C=O) groups excluding carboxylic acids is 1. The van der Waals surface area contributed by atoms with Crippen LogP contribution < -0.4 is 10.6 Å². The summed E-state index contributed by atoms with van der Waals surface area (Å²) in [4.78, 5) is 22.1. The Kier molecular flexibility index (Phi) is 3.66. The van der Waals surface area contributed by atoms with Crippen molar-refractivity contribution in [3.63, 3.8) is 0 Å². The number of aromatic hydroxyl groups is 1. The van der Waals surface area contributed by atoms with E-state index in [4.69, 9.17) is 0 Å². The Morgan fingerprint density at radius 3 is 2.89 bits per heavy atom. The number of nitro groups is 1. The monoisotopic (exact) mass is 265 g/mol. The predicted molar refractivity (Wildman–Crippen MR) is 69.0 cm³/mol. The Morgan fingerprint density at radius 2 is 2.32 bits per heavy atom. The fraction of sp³-hybridized carbons (Fsp3) is 0.417. The van der Waals surface area contributed by atoms with Gasteiger partial charge in [-0.25, -0.2) is 0 Å². The standard InChI is InChI=1S/C12H15N3O4/c1-7-4-5-13-11(7)12(17)14-9-6-8(15(18)19)2-3-10(9)16/h2-3,6-7,11,13,16H,4-5H2,1H3,(H,14,17). The summed E-state index contributed by atoms with van der Waals surface area (Å²) < 4.78 is 0. The molecule has 7 nitrogen and oxygen atoms in total. The quantitative estimate of drug-likeness (QED) is 0.433. The molecule has 1 aliphatic heterocycles. The number of benzene rings is 1. The Balaban J connectivity index is 2.16. The third-order valence-corrected chi connectivity index (χ3v) is 3.26. The lowest BCUT2D eigenvalue weighted by molar-refractivity contribution is -0.384. The minimum absolute atomic E-state index is 0.0556. The predicted octanol–water partition coefficient (Wildman–Crippen LogP) is 1.24. The molecule has 1 fully saturated rings. The number of carbonyl (C=O) groups is 1. The van der Waals surface area contributed by atoms with Crippen LogP contribution in [0.1, 0.15) is 13.3 Å². The highest BCUT2D eigenvalue weighted by molar-refractivity contribution is 5.96. The van der Waals surface area contributed by atoms with Crippen LogP contribution in [0.3, 0.4) is 0 Å². The van der Waals surface area contributed by atoms with Crippen LogP contribution in [0.4, 0.5) is 11.4 Å². The molecule has 0 radical (unpaired) electrons. The maximum atomic E-state index is 12.0. The Labute approximate surface area is 109 Å². The van der Waals surface area contributed by atoms with E-state index in [-0.39, 0.29) is 35.0 Å². The first-order valence-corrected chi connectivity index (χ1v) is 6.00. The summed E-state index contributed by atoms with van der Waals surface area (Å²) in [5.41, 5.74) is -0.124. The summed E-state index contributed by atoms with van der Waals surface area (Å²) in [7, 11) is 0. The van der Waals surface area contributed by atoms with Crippen molar-refractivity contribution in [2.75, 3.05) is 11.9 Å². The van der Waals surface area contributed by atoms with Gasteiger partial charge in [0.1, 0.15) is 5.75 Å². The van der Waals surface area contributed by atoms with Crippen LogP contribution in [-0.4, -0.2) is 28.5 Å². The average molecular weight is 265 g/mol. The third kappa shape index (κ3) is 2.82. The maximum Gasteiger partial charge on any atom is 0.271 e. The van der Waals surface area contributed by atoms with E-state index in [9.17, 15) is 20.0 Å². The first-order valence-electron chi connectivity index (χ1n) is 6.00. The topological polar surface area (TPSA) is 104 Å². The van der Waals surface area contributed by atoms with Crippen LogP contribution in [0, 0.1) is 16.0 Å². The molecule has 1 amide bonds. The number of hydrogen-bond donors (Lipinski definition) is 3. The van der Waals surface area contributed by atoms with Crippen molar-refractivity contribution < 1.29 is 14.8 Å². The molecule has 2 unspecified atom stereocenters. The van der Waals surface area contributed by atoms with Crippen LogP contribution in [-0.2, 0) is 4.79 Å². The lowest BCUT2D eigenvalue weighted by atomic mass is 10.0. The molecule has 7 heteroatoms. The number of rotatable bonds is 3. The van der Waals surface area contributed by atoms with E-state index in [1.54, 1.807) is 0 Å². The molecule has 0 saturated carbocycles. The molecule has 0 spiro atoms. The number of phenols is 1. The smallest absolute Gasteiger partial charge is 0.271 e. The summed E-state index contributed by atoms with van der Waals surface area (Å²) in [5.74, 6) is -0.286. The molecule has 0 aliphatic carbocycles. The van der Waals surface area contributed by atoms with E-state index < -0.39 is 4.92 Å². The van der Waals surface area contributed by atoms with Crippen molar-refractivity contribution in [1.82, 2.24) is 5.32 Å². The summed E-state index contributed by atoms with van der Waals surface area (Å²) in [6.45, 7) is 2.72. The number of nitrogens with zero attached hydrogens (tertiary/aromatic N) is 1. The van der Waals surface area contributed by atoms with Gasteiger partial charge in [0, 0.05) is 12.1 Å². The fourth-order valence-corrected chi connectivity index (χ4v) is 2.13. The second kappa shape index (κ2) is 5.23. The van der Waals surface area contributed by atoms with Gasteiger partial charge in [0.2, 0.25) is 5.91 Å². The first kappa shape index (κ1) is 13.3. The summed E-state index contributed by atoms with van der Waals surface area (Å²) in [5, 5.41) is 25.9. The van der Waals surface area contributed by atoms with Crippen molar-refractivity contribution >= 4 is 17.3 Å². The van der Waals surface area contributed by atoms with E-state index in [0.29, 0.717) is 0 Å². The van der Waals surface area contributed by atoms with Gasteiger partial charge in [-0.2, -0.15) is 0 Å². The molecular formula is C12H15N3O4. The van der Waals surface area contributed by atoms with Gasteiger partial charge in [0.15, 0.2) is 0 Å². The van der Waals surface area contributed by atoms with Crippen LogP contribution >= 0.6 is 0 Å². The molecule has 1 aromatic rings. The molecule has 0 aromatic heterocycles. The molecule has 1 aromatic carbocycles. The van der Waals surface area contributed by atoms with E-state index in [2.05, 4.69) is 10.6 Å². The number of non-ortho nitro benzene ring substituents is 1. The van der Waals surface area contributed by atoms with Gasteiger partial charge in [-0.3, -0.25) is 14.9 Å². The van der Waals surface area contributed by atoms with E-state index in [1.807, 2.05) is 6.92 Å². The van der Waals surface area contributed by atoms with Crippen molar-refractivity contribution in [2.24, 2.45) is 5.92 Å². The minimum Gasteiger partial charge on any atom is -0.506 e. The second-order valence-electron chi connectivity index (χ2n) is 4.65. The number of hydrogen-bond acceptors (Lipinski definition) is 5. The zero-order valence-corrected chi connectivity index (χ0v) is 10.4. The molecule has 1 saturated heterocycles. The lowest BCUT2D eigenvalue weighted by Gasteiger charge is -2.15. The van der Waals surface area contributed by atoms with Crippen molar-refractivity contribution in [3.8, 4) is 5.75 Å². The molecule has 19 heavy (non-hydrogen) atoms. The van der Waals surface area contributed by atoms with Gasteiger partial charge in [0.25, 0.3) is 5.69 Å². The summed E-state index contributed by atoms with van der Waals surface area (Å²) in [6, 6.07) is 3.19. The van der Waals surface area contributed by atoms with Crippen molar-refractivity contribution in [2.45, 2.75) is 19.4 Å². The molecule has 1 heterocycles. The van der Waals surface area contributed by atoms with E-state index in [0.717, 1.165) is 19.0 Å². The Morgan fingerprint density at radius 1 is 1.58 bits per heavy atom. The van der Waals surface area contributed by atoms with Crippen LogP contribution in [0.5, 0.6) is 5.75 Å². The third-order valence-electron chi connectivity index (χ3n) is 3.26. The van der Waals surface area contributed by atoms with Crippen LogP contribution in [0.15, 0.2) is 18.2 Å². The highest BCUT2D eigenvalue weighted by atomic mass is 16.6.